The Balaban J connectivity index is 0.000000556. The summed E-state index contributed by atoms with van der Waals surface area (Å²) in [5.41, 5.74) is 3.93. The van der Waals surface area contributed by atoms with E-state index in [0.717, 1.165) is 24.1 Å². The Morgan fingerprint density at radius 2 is 2.06 bits per heavy atom. The Labute approximate surface area is 218 Å². The number of hydrogen-bond acceptors (Lipinski definition) is 7. The smallest absolute Gasteiger partial charge is 0.271 e. The second-order valence-electron chi connectivity index (χ2n) is 9.57. The van der Waals surface area contributed by atoms with E-state index in [0.29, 0.717) is 42.7 Å². The molecule has 1 aliphatic heterocycles. The summed E-state index contributed by atoms with van der Waals surface area (Å²) in [5, 5.41) is 29.6. The number of nitrogens with zero attached hydrogens (tertiary/aromatic N) is 1. The minimum absolute atomic E-state index is 0.0660. The number of hydrogen-bond donors (Lipinski definition) is 5. The fourth-order valence-corrected chi connectivity index (χ4v) is 6.51. The van der Waals surface area contributed by atoms with Gasteiger partial charge < -0.3 is 20.3 Å². The first-order valence-electron chi connectivity index (χ1n) is 12.4. The molecule has 2 aromatic carbocycles. The van der Waals surface area contributed by atoms with Crippen LogP contribution in [0.1, 0.15) is 54.1 Å². The number of phenols is 1. The Morgan fingerprint density at radius 3 is 2.69 bits per heavy atom. The molecule has 4 N–H and O–H groups in total. The average Bonchev–Trinajstić information content (AvgIpc) is 3.24. The van der Waals surface area contributed by atoms with Gasteiger partial charge in [-0.25, -0.2) is 5.43 Å². The molecule has 0 bridgehead atoms. The fourth-order valence-electron chi connectivity index (χ4n) is 5.95. The molecule has 2 unspecified atom stereocenters. The summed E-state index contributed by atoms with van der Waals surface area (Å²) < 4.78 is 6.33. The first kappa shape index (κ1) is 26.3. The van der Waals surface area contributed by atoms with Crippen molar-refractivity contribution in [3.8, 4) is 11.5 Å². The van der Waals surface area contributed by atoms with E-state index in [9.17, 15) is 15.0 Å². The van der Waals surface area contributed by atoms with Gasteiger partial charge in [0.1, 0.15) is 0 Å². The van der Waals surface area contributed by atoms with E-state index in [2.05, 4.69) is 29.3 Å². The lowest BCUT2D eigenvalue weighted by atomic mass is 9.52. The maximum Gasteiger partial charge on any atom is 0.271 e. The predicted molar refractivity (Wildman–Crippen MR) is 145 cm³/mol. The van der Waals surface area contributed by atoms with E-state index in [-0.39, 0.29) is 16.9 Å². The van der Waals surface area contributed by atoms with Gasteiger partial charge in [-0.3, -0.25) is 4.79 Å². The molecule has 5 rings (SSSR count). The van der Waals surface area contributed by atoms with E-state index in [1.54, 1.807) is 30.3 Å². The van der Waals surface area contributed by atoms with Gasteiger partial charge in [0.2, 0.25) is 0 Å². The third-order valence-electron chi connectivity index (χ3n) is 7.48. The first-order valence-corrected chi connectivity index (χ1v) is 12.9. The molecule has 192 valence electrons. The molecule has 2 aromatic rings. The highest BCUT2D eigenvalue weighted by Crippen LogP contribution is 2.63. The van der Waals surface area contributed by atoms with Crippen molar-refractivity contribution in [3.05, 3.63) is 71.8 Å². The van der Waals surface area contributed by atoms with Crippen LogP contribution in [0.4, 0.5) is 0 Å². The Morgan fingerprint density at radius 1 is 1.31 bits per heavy atom. The van der Waals surface area contributed by atoms with E-state index in [4.69, 9.17) is 17.4 Å². The quantitative estimate of drug-likeness (QED) is 0.232. The zero-order valence-corrected chi connectivity index (χ0v) is 21.7. The first-order chi connectivity index (χ1) is 17.3. The van der Waals surface area contributed by atoms with Crippen LogP contribution in [0, 0.1) is 0 Å². The van der Waals surface area contributed by atoms with Gasteiger partial charge in [-0.1, -0.05) is 43.7 Å². The van der Waals surface area contributed by atoms with Crippen molar-refractivity contribution < 1.29 is 19.7 Å². The summed E-state index contributed by atoms with van der Waals surface area (Å²) in [6, 6.07) is 12.5. The van der Waals surface area contributed by atoms with Crippen LogP contribution >= 0.6 is 12.6 Å². The lowest BCUT2D eigenvalue weighted by Crippen LogP contribution is -2.69. The van der Waals surface area contributed by atoms with Gasteiger partial charge in [0.15, 0.2) is 17.6 Å². The zero-order chi connectivity index (χ0) is 25.9. The standard InChI is InChI=1S/C24H26N2O4S.C4H9N/c1-2-11-23-19-15-8-9-17(27)20(19)30-21(23)16(10-12-24(23,29)18(31)13-15)25-26-22(28)14-6-4-3-5-7-14;1-3-4-5-2/h3-9,18,21,27,29,31H,2,10-13H2,1H3,(H,26,28);3,5H,1,4H2,2H3/b25-16+;/t18?,21-,23-,24?;/m0./s1. The van der Waals surface area contributed by atoms with Crippen LogP contribution in [0.5, 0.6) is 11.5 Å². The molecule has 4 atom stereocenters. The number of carbonyl (C=O) groups excluding carboxylic acids is 1. The van der Waals surface area contributed by atoms with Gasteiger partial charge in [0, 0.05) is 22.9 Å². The van der Waals surface area contributed by atoms with Crippen molar-refractivity contribution in [2.45, 2.75) is 61.4 Å². The second-order valence-corrected chi connectivity index (χ2v) is 10.2. The van der Waals surface area contributed by atoms with E-state index in [1.807, 2.05) is 25.3 Å². The maximum atomic E-state index is 12.5. The number of phenolic OH excluding ortho intramolecular Hbond substituents is 1. The number of amides is 1. The van der Waals surface area contributed by atoms with E-state index in [1.165, 1.54) is 0 Å². The molecule has 36 heavy (non-hydrogen) atoms. The predicted octanol–water partition coefficient (Wildman–Crippen LogP) is 3.75. The lowest BCUT2D eigenvalue weighted by Gasteiger charge is -2.56. The van der Waals surface area contributed by atoms with Crippen LogP contribution in [0.3, 0.4) is 0 Å². The van der Waals surface area contributed by atoms with E-state index < -0.39 is 17.1 Å². The number of aromatic hydroxyl groups is 1. The van der Waals surface area contributed by atoms with Crippen LogP contribution in [0.25, 0.3) is 0 Å². The minimum Gasteiger partial charge on any atom is -0.504 e. The van der Waals surface area contributed by atoms with Crippen molar-refractivity contribution >= 4 is 24.2 Å². The highest BCUT2D eigenvalue weighted by molar-refractivity contribution is 7.81. The molecule has 0 spiro atoms. The normalized spacial score (nSPS) is 28.4. The molecule has 0 aromatic heterocycles. The van der Waals surface area contributed by atoms with Crippen LogP contribution < -0.4 is 15.5 Å². The van der Waals surface area contributed by atoms with Crippen LogP contribution in [0.15, 0.2) is 60.2 Å². The number of aliphatic hydroxyl groups is 1. The number of carbonyl (C=O) groups is 1. The van der Waals surface area contributed by atoms with Gasteiger partial charge >= 0.3 is 0 Å². The largest absolute Gasteiger partial charge is 0.504 e. The number of hydrazone groups is 1. The maximum absolute atomic E-state index is 12.5. The lowest BCUT2D eigenvalue weighted by molar-refractivity contribution is -0.0847. The SMILES string of the molecule is C=CCNC.CCC[C@]12c3c4ccc(O)c3O[C@H]1/C(=N/NC(=O)c1ccccc1)CCC2(O)C(S)C4. The summed E-state index contributed by atoms with van der Waals surface area (Å²) in [7, 11) is 1.89. The monoisotopic (exact) mass is 509 g/mol. The Hall–Kier alpha value is -2.81. The number of nitrogens with one attached hydrogen (secondary N) is 2. The average molecular weight is 510 g/mol. The highest BCUT2D eigenvalue weighted by atomic mass is 32.1. The molecular formula is C28H35N3O4S. The molecule has 1 fully saturated rings. The third kappa shape index (κ3) is 4.21. The zero-order valence-electron chi connectivity index (χ0n) is 20.8. The van der Waals surface area contributed by atoms with Crippen molar-refractivity contribution in [2.75, 3.05) is 13.6 Å². The highest BCUT2D eigenvalue weighted by Gasteiger charge is 2.69. The van der Waals surface area contributed by atoms with Gasteiger partial charge in [0.05, 0.1) is 16.7 Å². The summed E-state index contributed by atoms with van der Waals surface area (Å²) in [6.45, 7) is 6.46. The molecule has 2 aliphatic carbocycles. The Bertz CT molecular complexity index is 1150. The van der Waals surface area contributed by atoms with Crippen molar-refractivity contribution in [1.29, 1.82) is 0 Å². The molecular weight excluding hydrogens is 474 g/mol. The van der Waals surface area contributed by atoms with Crippen LogP contribution in [-0.2, 0) is 11.8 Å². The minimum atomic E-state index is -1.09. The van der Waals surface area contributed by atoms with Gasteiger partial charge in [0.25, 0.3) is 5.91 Å². The molecule has 1 saturated carbocycles. The van der Waals surface area contributed by atoms with Crippen LogP contribution in [0.2, 0.25) is 0 Å². The number of likely N-dealkylation sites (N-methyl/N-ethyl adjacent to an activating group) is 1. The van der Waals surface area contributed by atoms with Gasteiger partial charge in [-0.2, -0.15) is 17.7 Å². The fraction of sp³-hybridized carbons (Fsp3) is 0.429. The van der Waals surface area contributed by atoms with Gasteiger partial charge in [-0.05, 0) is 56.5 Å². The molecule has 8 heteroatoms. The number of thiol groups is 1. The molecule has 0 saturated heterocycles. The molecule has 3 aliphatic rings. The summed E-state index contributed by atoms with van der Waals surface area (Å²) >= 11 is 4.81. The molecule has 0 radical (unpaired) electrons. The molecule has 1 heterocycles. The summed E-state index contributed by atoms with van der Waals surface area (Å²) in [6.07, 6.45) is 4.29. The number of benzene rings is 2. The second kappa shape index (κ2) is 10.7. The van der Waals surface area contributed by atoms with Crippen LogP contribution in [-0.4, -0.2) is 52.4 Å². The third-order valence-corrected chi connectivity index (χ3v) is 8.09. The van der Waals surface area contributed by atoms with Crippen molar-refractivity contribution in [2.24, 2.45) is 5.10 Å². The van der Waals surface area contributed by atoms with Crippen molar-refractivity contribution in [1.82, 2.24) is 10.7 Å². The van der Waals surface area contributed by atoms with E-state index >= 15 is 0 Å². The topological polar surface area (TPSA) is 103 Å². The van der Waals surface area contributed by atoms with Crippen molar-refractivity contribution in [3.63, 3.8) is 0 Å². The molecule has 1 amide bonds. The number of ether oxygens (including phenoxy) is 1. The summed E-state index contributed by atoms with van der Waals surface area (Å²) in [5.74, 6) is 0.197. The number of rotatable bonds is 6. The summed E-state index contributed by atoms with van der Waals surface area (Å²) in [4.78, 5) is 12.5. The van der Waals surface area contributed by atoms with Gasteiger partial charge in [-0.15, -0.1) is 6.58 Å². The Kier molecular flexibility index (Phi) is 7.78. The molecule has 7 nitrogen and oxygen atoms in total.